The summed E-state index contributed by atoms with van der Waals surface area (Å²) in [5.74, 6) is 0.257. The van der Waals surface area contributed by atoms with E-state index in [1.165, 1.54) is 4.90 Å². The number of urea groups is 1. The standard InChI is InChI=1S/C28H37N5O3/c1-20-10-7-12-22(16-20)29-27(35)32(14-9-15-36-6)19-26(34)30-25-18-24(28(3,4)5)31-33(25)23-13-8-11-21(2)17-23/h7-8,10-13,16-18H,9,14-15,19H2,1-6H3,(H,29,35)(H,30,34). The number of rotatable bonds is 9. The molecule has 3 amide bonds. The maximum absolute atomic E-state index is 13.2. The van der Waals surface area contributed by atoms with E-state index in [1.54, 1.807) is 11.8 Å². The number of hydrogen-bond acceptors (Lipinski definition) is 4. The zero-order valence-corrected chi connectivity index (χ0v) is 22.1. The second-order valence-electron chi connectivity index (χ2n) is 10.0. The van der Waals surface area contributed by atoms with Gasteiger partial charge in [-0.3, -0.25) is 4.79 Å². The van der Waals surface area contributed by atoms with E-state index in [0.29, 0.717) is 31.1 Å². The lowest BCUT2D eigenvalue weighted by molar-refractivity contribution is -0.116. The number of hydrogen-bond donors (Lipinski definition) is 2. The van der Waals surface area contributed by atoms with Gasteiger partial charge in [-0.25, -0.2) is 9.48 Å². The first-order chi connectivity index (χ1) is 17.1. The molecule has 36 heavy (non-hydrogen) atoms. The van der Waals surface area contributed by atoms with Gasteiger partial charge in [-0.15, -0.1) is 0 Å². The molecule has 0 bridgehead atoms. The first-order valence-corrected chi connectivity index (χ1v) is 12.2. The smallest absolute Gasteiger partial charge is 0.322 e. The summed E-state index contributed by atoms with van der Waals surface area (Å²) in [5, 5.41) is 10.7. The van der Waals surface area contributed by atoms with Crippen LogP contribution in [0.3, 0.4) is 0 Å². The Kier molecular flexibility index (Phi) is 8.88. The summed E-state index contributed by atoms with van der Waals surface area (Å²) in [6, 6.07) is 17.1. The van der Waals surface area contributed by atoms with Crippen LogP contribution in [0.5, 0.6) is 0 Å². The van der Waals surface area contributed by atoms with Gasteiger partial charge in [0, 0.05) is 37.4 Å². The average molecular weight is 492 g/mol. The predicted molar refractivity (Wildman–Crippen MR) is 144 cm³/mol. The van der Waals surface area contributed by atoms with Gasteiger partial charge in [0.05, 0.1) is 11.4 Å². The first kappa shape index (κ1) is 26.9. The number of aryl methyl sites for hydroxylation is 2. The highest BCUT2D eigenvalue weighted by atomic mass is 16.5. The largest absolute Gasteiger partial charge is 0.385 e. The lowest BCUT2D eigenvalue weighted by Crippen LogP contribution is -2.41. The molecule has 0 saturated heterocycles. The highest BCUT2D eigenvalue weighted by Crippen LogP contribution is 2.26. The van der Waals surface area contributed by atoms with E-state index in [0.717, 1.165) is 22.5 Å². The molecule has 0 aliphatic carbocycles. The number of nitrogens with zero attached hydrogens (tertiary/aromatic N) is 3. The van der Waals surface area contributed by atoms with Gasteiger partial charge in [-0.2, -0.15) is 5.10 Å². The van der Waals surface area contributed by atoms with E-state index >= 15 is 0 Å². The Balaban J connectivity index is 1.81. The summed E-state index contributed by atoms with van der Waals surface area (Å²) in [6.07, 6.45) is 0.612. The maximum Gasteiger partial charge on any atom is 0.322 e. The lowest BCUT2D eigenvalue weighted by atomic mass is 9.92. The van der Waals surface area contributed by atoms with Crippen molar-refractivity contribution in [2.45, 2.75) is 46.5 Å². The molecule has 0 unspecified atom stereocenters. The molecule has 0 aliphatic rings. The third-order valence-corrected chi connectivity index (χ3v) is 5.66. The molecule has 0 radical (unpaired) electrons. The van der Waals surface area contributed by atoms with E-state index in [1.807, 2.05) is 68.4 Å². The van der Waals surface area contributed by atoms with Crippen LogP contribution in [0.2, 0.25) is 0 Å². The SMILES string of the molecule is COCCCN(CC(=O)Nc1cc(C(C)(C)C)nn1-c1cccc(C)c1)C(=O)Nc1cccc(C)c1. The molecule has 1 heterocycles. The number of ether oxygens (including phenoxy) is 1. The van der Waals surface area contributed by atoms with Crippen LogP contribution in [0.25, 0.3) is 5.69 Å². The molecule has 1 aromatic heterocycles. The zero-order chi connectivity index (χ0) is 26.3. The van der Waals surface area contributed by atoms with Gasteiger partial charge in [-0.05, 0) is 55.7 Å². The van der Waals surface area contributed by atoms with Crippen molar-refractivity contribution in [1.29, 1.82) is 0 Å². The number of amides is 3. The Hall–Kier alpha value is -3.65. The Morgan fingerprint density at radius 3 is 2.33 bits per heavy atom. The normalized spacial score (nSPS) is 11.3. The Morgan fingerprint density at radius 2 is 1.69 bits per heavy atom. The molecule has 0 atom stereocenters. The Bertz CT molecular complexity index is 1200. The Labute approximate surface area is 213 Å². The van der Waals surface area contributed by atoms with Crippen molar-refractivity contribution < 1.29 is 14.3 Å². The van der Waals surface area contributed by atoms with Crippen LogP contribution in [0, 0.1) is 13.8 Å². The van der Waals surface area contributed by atoms with Gasteiger partial charge in [-0.1, -0.05) is 45.0 Å². The zero-order valence-electron chi connectivity index (χ0n) is 22.1. The fourth-order valence-electron chi connectivity index (χ4n) is 3.73. The Morgan fingerprint density at radius 1 is 1.00 bits per heavy atom. The lowest BCUT2D eigenvalue weighted by Gasteiger charge is -2.23. The van der Waals surface area contributed by atoms with Crippen molar-refractivity contribution in [3.8, 4) is 5.69 Å². The van der Waals surface area contributed by atoms with Gasteiger partial charge >= 0.3 is 6.03 Å². The van der Waals surface area contributed by atoms with Gasteiger partial charge in [0.15, 0.2) is 0 Å². The molecule has 2 aromatic carbocycles. The minimum absolute atomic E-state index is 0.106. The van der Waals surface area contributed by atoms with Crippen molar-refractivity contribution in [3.05, 3.63) is 71.4 Å². The van der Waals surface area contributed by atoms with E-state index in [4.69, 9.17) is 9.84 Å². The molecular formula is C28H37N5O3. The van der Waals surface area contributed by atoms with E-state index in [-0.39, 0.29) is 23.9 Å². The van der Waals surface area contributed by atoms with Gasteiger partial charge in [0.2, 0.25) is 5.91 Å². The van der Waals surface area contributed by atoms with Crippen LogP contribution >= 0.6 is 0 Å². The number of aromatic nitrogens is 2. The number of carbonyl (C=O) groups is 2. The molecule has 8 heteroatoms. The highest BCUT2D eigenvalue weighted by Gasteiger charge is 2.23. The van der Waals surface area contributed by atoms with Crippen LogP contribution in [-0.4, -0.2) is 53.4 Å². The molecule has 192 valence electrons. The van der Waals surface area contributed by atoms with Crippen LogP contribution in [0.1, 0.15) is 44.0 Å². The fraction of sp³-hybridized carbons (Fsp3) is 0.393. The highest BCUT2D eigenvalue weighted by molar-refractivity contribution is 5.96. The average Bonchev–Trinajstić information content (AvgIpc) is 3.23. The summed E-state index contributed by atoms with van der Waals surface area (Å²) < 4.78 is 6.89. The topological polar surface area (TPSA) is 88.5 Å². The van der Waals surface area contributed by atoms with E-state index in [9.17, 15) is 9.59 Å². The summed E-state index contributed by atoms with van der Waals surface area (Å²) >= 11 is 0. The summed E-state index contributed by atoms with van der Waals surface area (Å²) in [4.78, 5) is 27.7. The molecule has 2 N–H and O–H groups in total. The molecule has 0 spiro atoms. The van der Waals surface area contributed by atoms with Crippen LogP contribution in [0.4, 0.5) is 16.3 Å². The number of anilines is 2. The fourth-order valence-corrected chi connectivity index (χ4v) is 3.73. The third kappa shape index (κ3) is 7.42. The quantitative estimate of drug-likeness (QED) is 0.398. The summed E-state index contributed by atoms with van der Waals surface area (Å²) in [6.45, 7) is 11.0. The van der Waals surface area contributed by atoms with E-state index in [2.05, 4.69) is 31.4 Å². The van der Waals surface area contributed by atoms with Crippen molar-refractivity contribution >= 4 is 23.4 Å². The molecule has 3 rings (SSSR count). The van der Waals surface area contributed by atoms with Gasteiger partial charge in [0.1, 0.15) is 12.4 Å². The van der Waals surface area contributed by atoms with Gasteiger partial charge < -0.3 is 20.3 Å². The second-order valence-corrected chi connectivity index (χ2v) is 10.0. The number of methoxy groups -OCH3 is 1. The predicted octanol–water partition coefficient (Wildman–Crippen LogP) is 5.30. The molecule has 8 nitrogen and oxygen atoms in total. The molecule has 0 aliphatic heterocycles. The second kappa shape index (κ2) is 11.9. The number of nitrogens with one attached hydrogen (secondary N) is 2. The van der Waals surface area contributed by atoms with Crippen LogP contribution in [-0.2, 0) is 14.9 Å². The number of benzene rings is 2. The van der Waals surface area contributed by atoms with Crippen LogP contribution < -0.4 is 10.6 Å². The molecule has 0 saturated carbocycles. The monoisotopic (exact) mass is 491 g/mol. The minimum atomic E-state index is -0.338. The first-order valence-electron chi connectivity index (χ1n) is 12.2. The van der Waals surface area contributed by atoms with E-state index < -0.39 is 0 Å². The third-order valence-electron chi connectivity index (χ3n) is 5.66. The number of carbonyl (C=O) groups excluding carboxylic acids is 2. The van der Waals surface area contributed by atoms with Crippen LogP contribution in [0.15, 0.2) is 54.6 Å². The minimum Gasteiger partial charge on any atom is -0.385 e. The van der Waals surface area contributed by atoms with Gasteiger partial charge in [0.25, 0.3) is 0 Å². The molecular weight excluding hydrogens is 454 g/mol. The summed E-state index contributed by atoms with van der Waals surface area (Å²) in [7, 11) is 1.61. The molecule has 0 fully saturated rings. The summed E-state index contributed by atoms with van der Waals surface area (Å²) in [5.41, 5.74) is 4.33. The van der Waals surface area contributed by atoms with Crippen molar-refractivity contribution in [1.82, 2.24) is 14.7 Å². The molecule has 3 aromatic rings. The van der Waals surface area contributed by atoms with Crippen molar-refractivity contribution in [2.24, 2.45) is 0 Å². The van der Waals surface area contributed by atoms with Crippen molar-refractivity contribution in [2.75, 3.05) is 37.4 Å². The maximum atomic E-state index is 13.2. The van der Waals surface area contributed by atoms with Crippen molar-refractivity contribution in [3.63, 3.8) is 0 Å².